The van der Waals surface area contributed by atoms with Gasteiger partial charge in [-0.05, 0) is 17.0 Å². The van der Waals surface area contributed by atoms with Gasteiger partial charge in [-0.25, -0.2) is 4.98 Å². The molecule has 136 valence electrons. The van der Waals surface area contributed by atoms with Gasteiger partial charge in [-0.2, -0.15) is 0 Å². The van der Waals surface area contributed by atoms with Crippen LogP contribution in [0.4, 0.5) is 5.82 Å². The van der Waals surface area contributed by atoms with Crippen molar-refractivity contribution in [1.82, 2.24) is 19.4 Å². The van der Waals surface area contributed by atoms with Crippen LogP contribution in [-0.2, 0) is 18.3 Å². The second-order valence-corrected chi connectivity index (χ2v) is 6.66. The van der Waals surface area contributed by atoms with E-state index in [0.717, 1.165) is 19.6 Å². The molecule has 3 aromatic rings. The number of aromatic amines is 1. The van der Waals surface area contributed by atoms with Crippen molar-refractivity contribution < 1.29 is 4.74 Å². The van der Waals surface area contributed by atoms with Crippen LogP contribution in [0, 0.1) is 0 Å². The number of hydrogen-bond donors (Lipinski definition) is 2. The molecule has 1 aromatic carbocycles. The molecule has 3 heterocycles. The summed E-state index contributed by atoms with van der Waals surface area (Å²) in [6.07, 6.45) is 5.27. The lowest BCUT2D eigenvalue weighted by atomic mass is 10.1. The van der Waals surface area contributed by atoms with Crippen molar-refractivity contribution in [2.45, 2.75) is 12.6 Å². The lowest BCUT2D eigenvalue weighted by molar-refractivity contribution is -0.0239. The van der Waals surface area contributed by atoms with Crippen molar-refractivity contribution in [3.05, 3.63) is 58.8 Å². The zero-order chi connectivity index (χ0) is 17.9. The molecule has 0 spiro atoms. The Labute approximate surface area is 151 Å². The number of aryl methyl sites for hydroxylation is 1. The topological polar surface area (TPSA) is 75.2 Å². The van der Waals surface area contributed by atoms with E-state index in [4.69, 9.17) is 4.74 Å². The van der Waals surface area contributed by atoms with Gasteiger partial charge in [-0.1, -0.05) is 18.2 Å². The SMILES string of the molecule is Cn1ccnc(NC[C@@H]2CN(Cc3cccc4cc[nH]c34)CCO2)c1=O. The smallest absolute Gasteiger partial charge is 0.293 e. The first-order chi connectivity index (χ1) is 12.7. The van der Waals surface area contributed by atoms with E-state index in [1.807, 2.05) is 6.20 Å². The van der Waals surface area contributed by atoms with E-state index in [1.54, 1.807) is 19.4 Å². The summed E-state index contributed by atoms with van der Waals surface area (Å²) in [6.45, 7) is 3.85. The number of morpholine rings is 1. The molecule has 0 aliphatic carbocycles. The van der Waals surface area contributed by atoms with Gasteiger partial charge < -0.3 is 19.6 Å². The van der Waals surface area contributed by atoms with E-state index >= 15 is 0 Å². The van der Waals surface area contributed by atoms with Crippen LogP contribution in [0.15, 0.2) is 47.7 Å². The second kappa shape index (κ2) is 7.31. The largest absolute Gasteiger partial charge is 0.374 e. The van der Waals surface area contributed by atoms with E-state index in [2.05, 4.69) is 44.5 Å². The van der Waals surface area contributed by atoms with Gasteiger partial charge in [0.2, 0.25) is 0 Å². The molecule has 26 heavy (non-hydrogen) atoms. The molecule has 0 radical (unpaired) electrons. The van der Waals surface area contributed by atoms with Crippen molar-refractivity contribution in [2.24, 2.45) is 7.05 Å². The van der Waals surface area contributed by atoms with Crippen LogP contribution in [-0.4, -0.2) is 51.8 Å². The van der Waals surface area contributed by atoms with Crippen LogP contribution in [0.3, 0.4) is 0 Å². The molecule has 1 saturated heterocycles. The van der Waals surface area contributed by atoms with E-state index in [1.165, 1.54) is 21.0 Å². The van der Waals surface area contributed by atoms with Gasteiger partial charge in [0.05, 0.1) is 12.7 Å². The molecule has 2 aromatic heterocycles. The standard InChI is InChI=1S/C19H23N5O2/c1-23-8-7-21-18(19(23)25)22-11-16-13-24(9-10-26-16)12-15-4-2-3-14-5-6-20-17(14)15/h2-8,16,20H,9-13H2,1H3,(H,21,22)/t16-/m1/s1. The third kappa shape index (κ3) is 3.49. The highest BCUT2D eigenvalue weighted by molar-refractivity contribution is 5.82. The summed E-state index contributed by atoms with van der Waals surface area (Å²) >= 11 is 0. The monoisotopic (exact) mass is 353 g/mol. The molecule has 2 N–H and O–H groups in total. The molecule has 1 aliphatic rings. The van der Waals surface area contributed by atoms with Crippen molar-refractivity contribution in [3.8, 4) is 0 Å². The van der Waals surface area contributed by atoms with Gasteiger partial charge in [0.1, 0.15) is 0 Å². The van der Waals surface area contributed by atoms with E-state index in [-0.39, 0.29) is 11.7 Å². The van der Waals surface area contributed by atoms with Gasteiger partial charge >= 0.3 is 0 Å². The van der Waals surface area contributed by atoms with Crippen molar-refractivity contribution in [3.63, 3.8) is 0 Å². The first-order valence-corrected chi connectivity index (χ1v) is 8.85. The summed E-state index contributed by atoms with van der Waals surface area (Å²) in [5.74, 6) is 0.367. The number of ether oxygens (including phenoxy) is 1. The quantitative estimate of drug-likeness (QED) is 0.728. The normalized spacial score (nSPS) is 18.3. The van der Waals surface area contributed by atoms with Crippen molar-refractivity contribution in [2.75, 3.05) is 31.6 Å². The Hall–Kier alpha value is -2.64. The molecular weight excluding hydrogens is 330 g/mol. The minimum Gasteiger partial charge on any atom is -0.374 e. The molecule has 0 amide bonds. The summed E-state index contributed by atoms with van der Waals surface area (Å²) < 4.78 is 7.38. The zero-order valence-corrected chi connectivity index (χ0v) is 14.8. The predicted molar refractivity (Wildman–Crippen MR) is 101 cm³/mol. The molecule has 0 saturated carbocycles. The second-order valence-electron chi connectivity index (χ2n) is 6.66. The Morgan fingerprint density at radius 3 is 3.23 bits per heavy atom. The van der Waals surface area contributed by atoms with Gasteiger partial charge in [-0.15, -0.1) is 0 Å². The number of anilines is 1. The first-order valence-electron chi connectivity index (χ1n) is 8.85. The maximum absolute atomic E-state index is 12.0. The van der Waals surface area contributed by atoms with Crippen LogP contribution < -0.4 is 10.9 Å². The van der Waals surface area contributed by atoms with Crippen LogP contribution >= 0.6 is 0 Å². The van der Waals surface area contributed by atoms with Gasteiger partial charge in [-0.3, -0.25) is 9.69 Å². The fourth-order valence-corrected chi connectivity index (χ4v) is 3.40. The molecule has 1 atom stereocenters. The number of benzene rings is 1. The van der Waals surface area contributed by atoms with E-state index in [9.17, 15) is 4.79 Å². The Balaban J connectivity index is 1.39. The lowest BCUT2D eigenvalue weighted by Gasteiger charge is -2.33. The Morgan fingerprint density at radius 1 is 1.38 bits per heavy atom. The molecule has 4 rings (SSSR count). The minimum absolute atomic E-state index is 0.0262. The highest BCUT2D eigenvalue weighted by Gasteiger charge is 2.21. The maximum Gasteiger partial charge on any atom is 0.293 e. The first kappa shape index (κ1) is 16.8. The maximum atomic E-state index is 12.0. The highest BCUT2D eigenvalue weighted by atomic mass is 16.5. The highest BCUT2D eigenvalue weighted by Crippen LogP contribution is 2.19. The van der Waals surface area contributed by atoms with Gasteiger partial charge in [0, 0.05) is 57.3 Å². The zero-order valence-electron chi connectivity index (χ0n) is 14.8. The fraction of sp³-hybridized carbons (Fsp3) is 0.368. The molecule has 0 unspecified atom stereocenters. The van der Waals surface area contributed by atoms with Crippen LogP contribution in [0.25, 0.3) is 10.9 Å². The number of nitrogens with zero attached hydrogens (tertiary/aromatic N) is 3. The third-order valence-corrected chi connectivity index (χ3v) is 4.80. The summed E-state index contributed by atoms with van der Waals surface area (Å²) in [6, 6.07) is 8.48. The molecular formula is C19H23N5O2. The average Bonchev–Trinajstić information content (AvgIpc) is 3.13. The molecule has 1 fully saturated rings. The third-order valence-electron chi connectivity index (χ3n) is 4.80. The van der Waals surface area contributed by atoms with Crippen LogP contribution in [0.1, 0.15) is 5.56 Å². The molecule has 7 heteroatoms. The lowest BCUT2D eigenvalue weighted by Crippen LogP contribution is -2.45. The van der Waals surface area contributed by atoms with Gasteiger partial charge in [0.25, 0.3) is 5.56 Å². The summed E-state index contributed by atoms with van der Waals surface area (Å²) in [4.78, 5) is 21.9. The Kier molecular flexibility index (Phi) is 4.73. The number of para-hydroxylation sites is 1. The minimum atomic E-state index is -0.126. The fourth-order valence-electron chi connectivity index (χ4n) is 3.40. The van der Waals surface area contributed by atoms with Gasteiger partial charge in [0.15, 0.2) is 5.82 Å². The van der Waals surface area contributed by atoms with Crippen molar-refractivity contribution >= 4 is 16.7 Å². The van der Waals surface area contributed by atoms with E-state index < -0.39 is 0 Å². The van der Waals surface area contributed by atoms with E-state index in [0.29, 0.717) is 19.0 Å². The number of nitrogens with one attached hydrogen (secondary N) is 2. The number of rotatable bonds is 5. The average molecular weight is 353 g/mol. The summed E-state index contributed by atoms with van der Waals surface area (Å²) in [5, 5.41) is 4.37. The number of aromatic nitrogens is 3. The van der Waals surface area contributed by atoms with Crippen LogP contribution in [0.5, 0.6) is 0 Å². The molecule has 7 nitrogen and oxygen atoms in total. The molecule has 0 bridgehead atoms. The number of fused-ring (bicyclic) bond motifs is 1. The Morgan fingerprint density at radius 2 is 2.31 bits per heavy atom. The number of hydrogen-bond acceptors (Lipinski definition) is 5. The molecule has 1 aliphatic heterocycles. The number of H-pyrrole nitrogens is 1. The Bertz CT molecular complexity index is 948. The van der Waals surface area contributed by atoms with Crippen molar-refractivity contribution in [1.29, 1.82) is 0 Å². The predicted octanol–water partition coefficient (Wildman–Crippen LogP) is 1.57. The van der Waals surface area contributed by atoms with Crippen LogP contribution in [0.2, 0.25) is 0 Å². The summed E-state index contributed by atoms with van der Waals surface area (Å²) in [7, 11) is 1.72. The summed E-state index contributed by atoms with van der Waals surface area (Å²) in [5.41, 5.74) is 2.36.